The summed E-state index contributed by atoms with van der Waals surface area (Å²) in [4.78, 5) is 31.8. The topological polar surface area (TPSA) is 89.9 Å². The zero-order valence-corrected chi connectivity index (χ0v) is 11.4. The van der Waals surface area contributed by atoms with Crippen molar-refractivity contribution in [3.05, 3.63) is 12.7 Å². The Morgan fingerprint density at radius 3 is 2.60 bits per heavy atom. The second kappa shape index (κ2) is 8.47. The third kappa shape index (κ3) is 5.97. The Balaban J connectivity index is 0.000000347. The van der Waals surface area contributed by atoms with Gasteiger partial charge in [-0.3, -0.25) is 9.59 Å². The molecule has 2 aliphatic heterocycles. The van der Waals surface area contributed by atoms with E-state index < -0.39 is 5.97 Å². The minimum absolute atomic E-state index is 0.139. The van der Waals surface area contributed by atoms with Gasteiger partial charge in [0.05, 0.1) is 12.0 Å². The molecule has 0 aromatic rings. The second-order valence-corrected chi connectivity index (χ2v) is 4.80. The molecule has 0 aromatic carbocycles. The zero-order valence-electron chi connectivity index (χ0n) is 11.4. The Kier molecular flexibility index (Phi) is 6.93. The number of hydrogen-bond donors (Lipinski definition) is 1. The zero-order chi connectivity index (χ0) is 15.0. The summed E-state index contributed by atoms with van der Waals surface area (Å²) in [5, 5.41) is 7.60. The highest BCUT2D eigenvalue weighted by molar-refractivity contribution is 5.87. The maximum atomic E-state index is 11.5. The molecule has 0 aliphatic carbocycles. The first-order valence-corrected chi connectivity index (χ1v) is 6.74. The molecule has 0 amide bonds. The molecule has 20 heavy (non-hydrogen) atoms. The Labute approximate surface area is 117 Å². The van der Waals surface area contributed by atoms with Gasteiger partial charge in [0.25, 0.3) is 0 Å². The van der Waals surface area contributed by atoms with Crippen LogP contribution in [0, 0.1) is 5.92 Å². The van der Waals surface area contributed by atoms with Crippen molar-refractivity contribution in [3.63, 3.8) is 0 Å². The van der Waals surface area contributed by atoms with Gasteiger partial charge in [0.15, 0.2) is 0 Å². The maximum absolute atomic E-state index is 11.5. The van der Waals surface area contributed by atoms with Crippen LogP contribution in [-0.2, 0) is 23.9 Å². The van der Waals surface area contributed by atoms with Gasteiger partial charge in [-0.25, -0.2) is 4.79 Å². The van der Waals surface area contributed by atoms with Crippen molar-refractivity contribution in [2.75, 3.05) is 6.61 Å². The number of esters is 2. The van der Waals surface area contributed by atoms with Crippen LogP contribution < -0.4 is 0 Å². The van der Waals surface area contributed by atoms with Crippen LogP contribution >= 0.6 is 0 Å². The first-order valence-electron chi connectivity index (χ1n) is 6.74. The van der Waals surface area contributed by atoms with Crippen LogP contribution in [0.15, 0.2) is 12.7 Å². The molecule has 0 saturated carbocycles. The minimum atomic E-state index is -0.981. The standard InChI is InChI=1S/C11H16O4.C3H4O2/c12-10-5-1-3-8(11(13)15-10)7-9-4-2-6-14-9;1-2-3(4)5/h8-9H,1-7H2;2H,1H2,(H,4,5). The average molecular weight is 284 g/mol. The van der Waals surface area contributed by atoms with Gasteiger partial charge in [0.1, 0.15) is 0 Å². The van der Waals surface area contributed by atoms with E-state index in [1.165, 1.54) is 0 Å². The number of rotatable bonds is 3. The number of carboxylic acid groups (broad SMARTS) is 1. The minimum Gasteiger partial charge on any atom is -0.478 e. The first-order chi connectivity index (χ1) is 9.52. The van der Waals surface area contributed by atoms with Crippen LogP contribution in [0.4, 0.5) is 0 Å². The average Bonchev–Trinajstić information content (AvgIpc) is 2.85. The van der Waals surface area contributed by atoms with E-state index in [2.05, 4.69) is 6.58 Å². The van der Waals surface area contributed by atoms with Crippen LogP contribution in [0.2, 0.25) is 0 Å². The Morgan fingerprint density at radius 1 is 1.35 bits per heavy atom. The van der Waals surface area contributed by atoms with Gasteiger partial charge in [0.2, 0.25) is 0 Å². The summed E-state index contributed by atoms with van der Waals surface area (Å²) in [7, 11) is 0. The molecule has 2 aliphatic rings. The fourth-order valence-corrected chi connectivity index (χ4v) is 2.22. The number of carbonyl (C=O) groups is 3. The molecule has 6 nitrogen and oxygen atoms in total. The Bertz CT molecular complexity index is 370. The maximum Gasteiger partial charge on any atom is 0.327 e. The number of hydrogen-bond acceptors (Lipinski definition) is 5. The molecule has 1 N–H and O–H groups in total. The van der Waals surface area contributed by atoms with Gasteiger partial charge in [-0.15, -0.1) is 0 Å². The van der Waals surface area contributed by atoms with E-state index in [0.717, 1.165) is 38.4 Å². The number of aliphatic carboxylic acids is 1. The van der Waals surface area contributed by atoms with E-state index in [1.807, 2.05) is 0 Å². The molecule has 0 spiro atoms. The normalized spacial score (nSPS) is 26.0. The molecular weight excluding hydrogens is 264 g/mol. The monoisotopic (exact) mass is 284 g/mol. The largest absolute Gasteiger partial charge is 0.478 e. The van der Waals surface area contributed by atoms with E-state index in [9.17, 15) is 14.4 Å². The van der Waals surface area contributed by atoms with Gasteiger partial charge in [-0.05, 0) is 32.1 Å². The van der Waals surface area contributed by atoms with Crippen molar-refractivity contribution >= 4 is 17.9 Å². The molecule has 2 heterocycles. The summed E-state index contributed by atoms with van der Waals surface area (Å²) in [6, 6.07) is 0. The summed E-state index contributed by atoms with van der Waals surface area (Å²) in [5.74, 6) is -1.85. The van der Waals surface area contributed by atoms with Crippen LogP contribution in [0.25, 0.3) is 0 Å². The molecule has 2 saturated heterocycles. The van der Waals surface area contributed by atoms with Crippen molar-refractivity contribution in [2.45, 2.75) is 44.6 Å². The van der Waals surface area contributed by atoms with Crippen LogP contribution in [-0.4, -0.2) is 35.7 Å². The van der Waals surface area contributed by atoms with Crippen LogP contribution in [0.3, 0.4) is 0 Å². The molecule has 112 valence electrons. The van der Waals surface area contributed by atoms with Gasteiger partial charge in [-0.1, -0.05) is 6.58 Å². The first kappa shape index (κ1) is 16.4. The lowest BCUT2D eigenvalue weighted by atomic mass is 9.95. The number of cyclic esters (lactones) is 2. The van der Waals surface area contributed by atoms with Gasteiger partial charge < -0.3 is 14.6 Å². The summed E-state index contributed by atoms with van der Waals surface area (Å²) >= 11 is 0. The van der Waals surface area contributed by atoms with E-state index in [0.29, 0.717) is 12.8 Å². The summed E-state index contributed by atoms with van der Waals surface area (Å²) in [6.45, 7) is 3.76. The fourth-order valence-electron chi connectivity index (χ4n) is 2.22. The van der Waals surface area contributed by atoms with Crippen LogP contribution in [0.1, 0.15) is 38.5 Å². The van der Waals surface area contributed by atoms with Crippen LogP contribution in [0.5, 0.6) is 0 Å². The Hall–Kier alpha value is -1.69. The molecule has 2 unspecified atom stereocenters. The van der Waals surface area contributed by atoms with Crippen molar-refractivity contribution in [3.8, 4) is 0 Å². The van der Waals surface area contributed by atoms with Gasteiger partial charge in [-0.2, -0.15) is 0 Å². The third-order valence-corrected chi connectivity index (χ3v) is 3.23. The van der Waals surface area contributed by atoms with Gasteiger partial charge >= 0.3 is 17.9 Å². The molecule has 0 bridgehead atoms. The lowest BCUT2D eigenvalue weighted by Gasteiger charge is -2.15. The summed E-state index contributed by atoms with van der Waals surface area (Å²) in [5.41, 5.74) is 0. The molecule has 0 radical (unpaired) electrons. The molecule has 2 atom stereocenters. The van der Waals surface area contributed by atoms with Crippen molar-refractivity contribution < 1.29 is 29.0 Å². The number of carboxylic acids is 1. The van der Waals surface area contributed by atoms with E-state index >= 15 is 0 Å². The molecule has 6 heteroatoms. The lowest BCUT2D eigenvalue weighted by molar-refractivity contribution is -0.161. The summed E-state index contributed by atoms with van der Waals surface area (Å²) < 4.78 is 10.2. The fraction of sp³-hybridized carbons (Fsp3) is 0.643. The lowest BCUT2D eigenvalue weighted by Crippen LogP contribution is -2.22. The molecular formula is C14H20O6. The van der Waals surface area contributed by atoms with E-state index in [-0.39, 0.29) is 24.0 Å². The molecule has 2 rings (SSSR count). The predicted molar refractivity (Wildman–Crippen MR) is 69.9 cm³/mol. The van der Waals surface area contributed by atoms with E-state index in [4.69, 9.17) is 14.6 Å². The second-order valence-electron chi connectivity index (χ2n) is 4.80. The third-order valence-electron chi connectivity index (χ3n) is 3.23. The number of carbonyl (C=O) groups excluding carboxylic acids is 2. The predicted octanol–water partition coefficient (Wildman–Crippen LogP) is 1.68. The SMILES string of the molecule is C=CC(=O)O.O=C1CCCC(CC2CCCO2)C(=O)O1. The van der Waals surface area contributed by atoms with Crippen molar-refractivity contribution in [2.24, 2.45) is 5.92 Å². The quantitative estimate of drug-likeness (QED) is 0.482. The smallest absolute Gasteiger partial charge is 0.327 e. The highest BCUT2D eigenvalue weighted by atomic mass is 16.6. The number of ether oxygens (including phenoxy) is 2. The molecule has 2 fully saturated rings. The Morgan fingerprint density at radius 2 is 2.05 bits per heavy atom. The highest BCUT2D eigenvalue weighted by Gasteiger charge is 2.30. The van der Waals surface area contributed by atoms with E-state index in [1.54, 1.807) is 0 Å². The van der Waals surface area contributed by atoms with Crippen molar-refractivity contribution in [1.29, 1.82) is 0 Å². The molecule has 0 aromatic heterocycles. The van der Waals surface area contributed by atoms with Crippen molar-refractivity contribution in [1.82, 2.24) is 0 Å². The van der Waals surface area contributed by atoms with Gasteiger partial charge in [0, 0.05) is 19.1 Å². The highest BCUT2D eigenvalue weighted by Crippen LogP contribution is 2.26. The summed E-state index contributed by atoms with van der Waals surface area (Å²) in [6.07, 6.45) is 5.71.